The molecule has 0 atom stereocenters. The Labute approximate surface area is 109 Å². The van der Waals surface area contributed by atoms with Crippen LogP contribution in [0.4, 0.5) is 0 Å². The molecule has 1 amide bonds. The van der Waals surface area contributed by atoms with Crippen molar-refractivity contribution in [3.8, 4) is 5.75 Å². The molecule has 0 bridgehead atoms. The number of hydrogen-bond acceptors (Lipinski definition) is 3. The fourth-order valence-corrected chi connectivity index (χ4v) is 1.53. The second-order valence-corrected chi connectivity index (χ2v) is 4.37. The van der Waals surface area contributed by atoms with Gasteiger partial charge in [-0.25, -0.2) is 0 Å². The Bertz CT molecular complexity index is 363. The van der Waals surface area contributed by atoms with Crippen LogP contribution in [0.2, 0.25) is 0 Å². The molecule has 0 unspecified atom stereocenters. The maximum absolute atomic E-state index is 11.7. The number of carbonyl (C=O) groups excluding carboxylic acids is 1. The quantitative estimate of drug-likeness (QED) is 0.799. The molecule has 0 aromatic heterocycles. The summed E-state index contributed by atoms with van der Waals surface area (Å²) in [5.41, 5.74) is 6.60. The third-order valence-corrected chi connectivity index (χ3v) is 2.73. The molecule has 0 heterocycles. The van der Waals surface area contributed by atoms with Crippen molar-refractivity contribution in [2.45, 2.75) is 19.8 Å². The number of nitrogens with zero attached hydrogens (tertiary/aromatic N) is 1. The highest BCUT2D eigenvalue weighted by Gasteiger charge is 2.07. The van der Waals surface area contributed by atoms with Crippen LogP contribution < -0.4 is 10.5 Å². The van der Waals surface area contributed by atoms with Gasteiger partial charge in [-0.15, -0.1) is 0 Å². The Balaban J connectivity index is 2.24. The lowest BCUT2D eigenvalue weighted by Gasteiger charge is -2.16. The number of carbonyl (C=O) groups is 1. The normalized spacial score (nSPS) is 10.2. The lowest BCUT2D eigenvalue weighted by Crippen LogP contribution is -2.29. The standard InChI is InChI=1S/C14H22N2O2/c1-12-4-6-13(7-5-12)18-11-8-14(17)16(2)10-3-9-15/h4-7H,3,8-11,15H2,1-2H3. The molecular weight excluding hydrogens is 228 g/mol. The topological polar surface area (TPSA) is 55.6 Å². The molecule has 0 saturated heterocycles. The fourth-order valence-electron chi connectivity index (χ4n) is 1.53. The average Bonchev–Trinajstić information content (AvgIpc) is 2.38. The summed E-state index contributed by atoms with van der Waals surface area (Å²) in [7, 11) is 1.80. The zero-order chi connectivity index (χ0) is 13.4. The molecule has 2 N–H and O–H groups in total. The molecule has 1 aromatic rings. The molecule has 1 rings (SSSR count). The van der Waals surface area contributed by atoms with E-state index in [1.807, 2.05) is 31.2 Å². The third-order valence-electron chi connectivity index (χ3n) is 2.73. The minimum atomic E-state index is 0.0931. The van der Waals surface area contributed by atoms with Gasteiger partial charge in [0, 0.05) is 13.6 Å². The van der Waals surface area contributed by atoms with E-state index in [4.69, 9.17) is 10.5 Å². The summed E-state index contributed by atoms with van der Waals surface area (Å²) in [6, 6.07) is 7.81. The monoisotopic (exact) mass is 250 g/mol. The van der Waals surface area contributed by atoms with Crippen molar-refractivity contribution < 1.29 is 9.53 Å². The SMILES string of the molecule is Cc1ccc(OCCC(=O)N(C)CCCN)cc1. The summed E-state index contributed by atoms with van der Waals surface area (Å²) in [5, 5.41) is 0. The zero-order valence-corrected chi connectivity index (χ0v) is 11.2. The largest absolute Gasteiger partial charge is 0.493 e. The zero-order valence-electron chi connectivity index (χ0n) is 11.2. The summed E-state index contributed by atoms with van der Waals surface area (Å²) in [6.45, 7) is 3.76. The van der Waals surface area contributed by atoms with Gasteiger partial charge < -0.3 is 15.4 Å². The highest BCUT2D eigenvalue weighted by molar-refractivity contribution is 5.75. The first kappa shape index (κ1) is 14.5. The minimum Gasteiger partial charge on any atom is -0.493 e. The highest BCUT2D eigenvalue weighted by atomic mass is 16.5. The molecule has 4 nitrogen and oxygen atoms in total. The van der Waals surface area contributed by atoms with Gasteiger partial charge >= 0.3 is 0 Å². The van der Waals surface area contributed by atoms with Gasteiger partial charge in [0.15, 0.2) is 0 Å². The molecule has 4 heteroatoms. The van der Waals surface area contributed by atoms with Crippen molar-refractivity contribution in [2.75, 3.05) is 26.7 Å². The Morgan fingerprint density at radius 2 is 2.00 bits per heavy atom. The molecule has 0 spiro atoms. The van der Waals surface area contributed by atoms with Crippen LogP contribution in [-0.4, -0.2) is 37.6 Å². The van der Waals surface area contributed by atoms with E-state index in [2.05, 4.69) is 0 Å². The van der Waals surface area contributed by atoms with Crippen molar-refractivity contribution in [1.29, 1.82) is 0 Å². The smallest absolute Gasteiger partial charge is 0.225 e. The van der Waals surface area contributed by atoms with Gasteiger partial charge in [-0.2, -0.15) is 0 Å². The predicted molar refractivity (Wildman–Crippen MR) is 72.6 cm³/mol. The Hall–Kier alpha value is -1.55. The Kier molecular flexibility index (Phi) is 6.22. The number of ether oxygens (including phenoxy) is 1. The van der Waals surface area contributed by atoms with Crippen LogP contribution >= 0.6 is 0 Å². The van der Waals surface area contributed by atoms with Crippen LogP contribution in [0.3, 0.4) is 0 Å². The molecule has 0 aliphatic heterocycles. The van der Waals surface area contributed by atoms with E-state index in [1.165, 1.54) is 5.56 Å². The van der Waals surface area contributed by atoms with E-state index < -0.39 is 0 Å². The first-order valence-corrected chi connectivity index (χ1v) is 6.27. The second kappa shape index (κ2) is 7.71. The van der Waals surface area contributed by atoms with E-state index in [9.17, 15) is 4.79 Å². The molecule has 0 aliphatic rings. The molecule has 0 radical (unpaired) electrons. The van der Waals surface area contributed by atoms with Crippen molar-refractivity contribution >= 4 is 5.91 Å². The second-order valence-electron chi connectivity index (χ2n) is 4.37. The van der Waals surface area contributed by atoms with Gasteiger partial charge in [-0.05, 0) is 32.0 Å². The summed E-state index contributed by atoms with van der Waals surface area (Å²) in [6.07, 6.45) is 1.23. The van der Waals surface area contributed by atoms with E-state index in [1.54, 1.807) is 11.9 Å². The van der Waals surface area contributed by atoms with Gasteiger partial charge in [-0.3, -0.25) is 4.79 Å². The van der Waals surface area contributed by atoms with Crippen LogP contribution in [0.5, 0.6) is 5.75 Å². The van der Waals surface area contributed by atoms with Crippen molar-refractivity contribution in [3.05, 3.63) is 29.8 Å². The third kappa shape index (κ3) is 5.19. The molecule has 0 saturated carbocycles. The lowest BCUT2D eigenvalue weighted by atomic mass is 10.2. The number of rotatable bonds is 7. The maximum atomic E-state index is 11.7. The maximum Gasteiger partial charge on any atom is 0.225 e. The number of hydrogen-bond donors (Lipinski definition) is 1. The number of aryl methyl sites for hydroxylation is 1. The Morgan fingerprint density at radius 3 is 2.61 bits per heavy atom. The van der Waals surface area contributed by atoms with Gasteiger partial charge in [0.2, 0.25) is 5.91 Å². The number of amides is 1. The number of nitrogens with two attached hydrogens (primary N) is 1. The Morgan fingerprint density at radius 1 is 1.33 bits per heavy atom. The minimum absolute atomic E-state index is 0.0931. The average molecular weight is 250 g/mol. The van der Waals surface area contributed by atoms with E-state index in [0.717, 1.165) is 12.2 Å². The molecule has 100 valence electrons. The predicted octanol–water partition coefficient (Wildman–Crippen LogP) is 1.57. The van der Waals surface area contributed by atoms with Gasteiger partial charge in [0.25, 0.3) is 0 Å². The van der Waals surface area contributed by atoms with E-state index in [0.29, 0.717) is 26.1 Å². The molecule has 1 aromatic carbocycles. The van der Waals surface area contributed by atoms with Crippen LogP contribution in [-0.2, 0) is 4.79 Å². The fraction of sp³-hybridized carbons (Fsp3) is 0.500. The van der Waals surface area contributed by atoms with Gasteiger partial charge in [0.05, 0.1) is 13.0 Å². The lowest BCUT2D eigenvalue weighted by molar-refractivity contribution is -0.130. The van der Waals surface area contributed by atoms with Crippen molar-refractivity contribution in [1.82, 2.24) is 4.90 Å². The van der Waals surface area contributed by atoms with Crippen LogP contribution in [0.1, 0.15) is 18.4 Å². The van der Waals surface area contributed by atoms with Gasteiger partial charge in [0.1, 0.15) is 5.75 Å². The molecule has 18 heavy (non-hydrogen) atoms. The molecule has 0 aliphatic carbocycles. The highest BCUT2D eigenvalue weighted by Crippen LogP contribution is 2.11. The molecule has 0 fully saturated rings. The first-order chi connectivity index (χ1) is 8.63. The van der Waals surface area contributed by atoms with Crippen LogP contribution in [0, 0.1) is 6.92 Å². The summed E-state index contributed by atoms with van der Waals surface area (Å²) < 4.78 is 5.51. The van der Waals surface area contributed by atoms with Gasteiger partial charge in [-0.1, -0.05) is 17.7 Å². The summed E-state index contributed by atoms with van der Waals surface area (Å²) >= 11 is 0. The molecular formula is C14H22N2O2. The van der Waals surface area contributed by atoms with Crippen molar-refractivity contribution in [2.24, 2.45) is 5.73 Å². The van der Waals surface area contributed by atoms with Crippen LogP contribution in [0.25, 0.3) is 0 Å². The summed E-state index contributed by atoms with van der Waals surface area (Å²) in [5.74, 6) is 0.897. The van der Waals surface area contributed by atoms with E-state index in [-0.39, 0.29) is 5.91 Å². The van der Waals surface area contributed by atoms with E-state index >= 15 is 0 Å². The van der Waals surface area contributed by atoms with Crippen LogP contribution in [0.15, 0.2) is 24.3 Å². The first-order valence-electron chi connectivity index (χ1n) is 6.27. The number of benzene rings is 1. The van der Waals surface area contributed by atoms with Crippen molar-refractivity contribution in [3.63, 3.8) is 0 Å². The summed E-state index contributed by atoms with van der Waals surface area (Å²) in [4.78, 5) is 13.4.